The number of rotatable bonds is 20. The molecule has 1 fully saturated rings. The number of likely N-dealkylation sites (N-methyl/N-ethyl adjacent to an activating group) is 7. The Kier molecular flexibility index (Phi) is 36.0. The molecular formula is C67H121N13O12S. The first-order chi connectivity index (χ1) is 43.0. The van der Waals surface area contributed by atoms with Gasteiger partial charge in [-0.25, -0.2) is 0 Å². The molecule has 25 nitrogen and oxygen atoms in total. The van der Waals surface area contributed by atoms with Crippen LogP contribution in [0.2, 0.25) is 0 Å². The number of aliphatic imine (C=N–C) groups is 1. The molecule has 26 heteroatoms. The highest BCUT2D eigenvalue weighted by atomic mass is 32.2. The van der Waals surface area contributed by atoms with Crippen LogP contribution < -0.4 is 21.3 Å². The van der Waals surface area contributed by atoms with Gasteiger partial charge in [0, 0.05) is 75.7 Å². The van der Waals surface area contributed by atoms with Gasteiger partial charge in [-0.2, -0.15) is 0 Å². The number of carbonyl (C=O) groups is 11. The molecule has 1 saturated heterocycles. The van der Waals surface area contributed by atoms with Gasteiger partial charge in [0.1, 0.15) is 60.4 Å². The molecule has 0 unspecified atom stereocenters. The summed E-state index contributed by atoms with van der Waals surface area (Å²) in [5.41, 5.74) is 0. The minimum absolute atomic E-state index is 0.0143. The molecule has 0 saturated carbocycles. The van der Waals surface area contributed by atoms with Crippen molar-refractivity contribution in [1.29, 1.82) is 0 Å². The predicted octanol–water partition coefficient (Wildman–Crippen LogP) is 3.92. The average Bonchev–Trinajstić information content (AvgIpc) is 0.816. The second-order valence-electron chi connectivity index (χ2n) is 28.0. The molecule has 532 valence electrons. The molecule has 93 heavy (non-hydrogen) atoms. The molecule has 1 aliphatic heterocycles. The highest BCUT2D eigenvalue weighted by Crippen LogP contribution is 2.27. The number of hydrogen-bond acceptors (Lipinski definition) is 14. The quantitative estimate of drug-likeness (QED) is 0.0500. The molecule has 0 bridgehead atoms. The Morgan fingerprint density at radius 3 is 1.38 bits per heavy atom. The van der Waals surface area contributed by atoms with Gasteiger partial charge < -0.3 is 65.6 Å². The maximum atomic E-state index is 15.3. The van der Waals surface area contributed by atoms with Gasteiger partial charge in [-0.1, -0.05) is 109 Å². The van der Waals surface area contributed by atoms with Crippen LogP contribution in [0.25, 0.3) is 0 Å². The fourth-order valence-electron chi connectivity index (χ4n) is 11.3. The van der Waals surface area contributed by atoms with Gasteiger partial charge >= 0.3 is 0 Å². The molecule has 0 spiro atoms. The maximum absolute atomic E-state index is 15.3. The summed E-state index contributed by atoms with van der Waals surface area (Å²) < 4.78 is 0. The summed E-state index contributed by atoms with van der Waals surface area (Å²) in [5, 5.41) is 22.1. The number of aliphatic hydroxyl groups is 1. The number of hydrogen-bond donors (Lipinski definition) is 5. The van der Waals surface area contributed by atoms with Crippen LogP contribution in [0.1, 0.15) is 156 Å². The first-order valence-electron chi connectivity index (χ1n) is 33.2. The molecule has 0 aromatic heterocycles. The smallest absolute Gasteiger partial charge is 0.256 e. The van der Waals surface area contributed by atoms with E-state index in [1.165, 1.54) is 92.6 Å². The van der Waals surface area contributed by atoms with E-state index in [-0.39, 0.29) is 68.1 Å². The van der Waals surface area contributed by atoms with E-state index >= 15 is 28.8 Å². The number of aliphatic hydroxyl groups excluding tert-OH is 1. The topological polar surface area (TPSA) is 294 Å². The van der Waals surface area contributed by atoms with Crippen LogP contribution in [0.5, 0.6) is 0 Å². The van der Waals surface area contributed by atoms with Gasteiger partial charge in [-0.15, -0.1) is 11.8 Å². The van der Waals surface area contributed by atoms with Crippen molar-refractivity contribution in [2.45, 2.75) is 228 Å². The largest absolute Gasteiger partial charge is 0.390 e. The zero-order valence-electron chi connectivity index (χ0n) is 61.2. The molecule has 11 amide bonds. The summed E-state index contributed by atoms with van der Waals surface area (Å²) in [4.78, 5) is 178. The highest BCUT2D eigenvalue weighted by Gasteiger charge is 2.46. The van der Waals surface area contributed by atoms with Crippen LogP contribution in [-0.4, -0.2) is 263 Å². The molecule has 5 N–H and O–H groups in total. The monoisotopic (exact) mass is 1330 g/mol. The third-order valence-electron chi connectivity index (χ3n) is 17.0. The van der Waals surface area contributed by atoms with Crippen molar-refractivity contribution in [2.75, 3.05) is 75.7 Å². The van der Waals surface area contributed by atoms with Crippen LogP contribution in [0, 0.1) is 41.4 Å². The minimum atomic E-state index is -1.65. The Hall–Kier alpha value is -6.31. The molecular weight excluding hydrogens is 1210 g/mol. The summed E-state index contributed by atoms with van der Waals surface area (Å²) >= 11 is 1.09. The SMILES string of the molecule is C/C=C/C[C@@H](C)[C@@H](O)[C@H]1C(=O)N[C@@H](CC)C(=O)N(C)[C@H](SCCN=CN(C)C)C(=O)N(C)[C@@H](CC(C)C)C(=O)N[C@@H](C(C)C)C(=O)N(C)[C@@H](CC(C)C)C(=O)N[C@@H](C)C(=O)N[C@H](C)C(=O)N(C)[C@@H](CC(C)C)C(=O)N(C)[C@@H](CC(C)C)C(=O)N(C)[C@@H](C(C)C)C(=O)N1C. The van der Waals surface area contributed by atoms with Crippen LogP contribution in [0.3, 0.4) is 0 Å². The molecule has 13 atom stereocenters. The number of carbonyl (C=O) groups excluding carboxylic acids is 11. The standard InChI is InChI=1S/C67H121N13O12S/c1-27-29-30-44(15)55(81)54-59(85)71-47(28-2)61(87)80(26)67(93-32-31-68-37-73(18)19)66(92)75(21)49(34-39(5)6)58(84)72-52(42(11)12)64(90)74(20)48(33-38(3)4)57(83)69-45(16)56(82)70-46(17)60(86)76(22)50(35-40(7)8)62(88)77(23)51(36-41(9)10)63(89)78(24)53(43(13)14)65(91)79(54)25/h27,29,37-55,67,81H,28,30-36H2,1-26H3,(H,69,83)(H,70,82)(H,71,85)(H,72,84)/b29-27+,68-37?/t44-,45+,46-,47+,48+,49+,50+,51+,52+,53+,54+,55-,67-/m1/s1. The van der Waals surface area contributed by atoms with Crippen molar-refractivity contribution in [3.05, 3.63) is 12.2 Å². The van der Waals surface area contributed by atoms with Crippen molar-refractivity contribution in [3.8, 4) is 0 Å². The van der Waals surface area contributed by atoms with Crippen molar-refractivity contribution in [1.82, 2.24) is 60.5 Å². The van der Waals surface area contributed by atoms with E-state index in [0.29, 0.717) is 6.42 Å². The first-order valence-corrected chi connectivity index (χ1v) is 34.2. The first kappa shape index (κ1) is 84.7. The summed E-state index contributed by atoms with van der Waals surface area (Å²) in [6.07, 6.45) is 4.50. The third kappa shape index (κ3) is 24.8. The molecule has 0 aliphatic carbocycles. The number of nitrogens with zero attached hydrogens (tertiary/aromatic N) is 9. The van der Waals surface area contributed by atoms with Gasteiger partial charge in [0.05, 0.1) is 12.4 Å². The number of amides is 11. The van der Waals surface area contributed by atoms with Gasteiger partial charge in [-0.05, 0) is 101 Å². The van der Waals surface area contributed by atoms with E-state index in [1.807, 2.05) is 61.5 Å². The maximum Gasteiger partial charge on any atom is 0.256 e. The van der Waals surface area contributed by atoms with Crippen LogP contribution in [0.4, 0.5) is 0 Å². The van der Waals surface area contributed by atoms with Crippen molar-refractivity contribution >= 4 is 83.1 Å². The van der Waals surface area contributed by atoms with Gasteiger partial charge in [0.15, 0.2) is 5.37 Å². The van der Waals surface area contributed by atoms with Crippen molar-refractivity contribution < 1.29 is 57.8 Å². The molecule has 1 heterocycles. The molecule has 1 rings (SSSR count). The van der Waals surface area contributed by atoms with E-state index < -0.39 is 155 Å². The van der Waals surface area contributed by atoms with E-state index in [1.54, 1.807) is 79.9 Å². The number of thioether (sulfide) groups is 1. The second kappa shape index (κ2) is 39.5. The summed E-state index contributed by atoms with van der Waals surface area (Å²) in [7, 11) is 13.6. The zero-order valence-corrected chi connectivity index (χ0v) is 62.0. The fourth-order valence-corrected chi connectivity index (χ4v) is 12.4. The summed E-state index contributed by atoms with van der Waals surface area (Å²) in [6, 6.07) is -12.6. The lowest BCUT2D eigenvalue weighted by atomic mass is 9.91. The third-order valence-corrected chi connectivity index (χ3v) is 18.3. The lowest BCUT2D eigenvalue weighted by Gasteiger charge is -2.41. The Labute approximate surface area is 561 Å². The van der Waals surface area contributed by atoms with E-state index in [0.717, 1.165) is 16.7 Å². The summed E-state index contributed by atoms with van der Waals surface area (Å²) in [5.74, 6) is -9.78. The average molecular weight is 1330 g/mol. The van der Waals surface area contributed by atoms with Gasteiger partial charge in [0.25, 0.3) is 5.91 Å². The van der Waals surface area contributed by atoms with E-state index in [9.17, 15) is 29.1 Å². The van der Waals surface area contributed by atoms with Crippen molar-refractivity contribution in [3.63, 3.8) is 0 Å². The predicted molar refractivity (Wildman–Crippen MR) is 367 cm³/mol. The Morgan fingerprint density at radius 1 is 0.495 bits per heavy atom. The second-order valence-corrected chi connectivity index (χ2v) is 29.2. The highest BCUT2D eigenvalue weighted by molar-refractivity contribution is 8.00. The van der Waals surface area contributed by atoms with Crippen LogP contribution >= 0.6 is 11.8 Å². The Balaban J connectivity index is 4.55. The lowest BCUT2D eigenvalue weighted by Crippen LogP contribution is -2.64. The van der Waals surface area contributed by atoms with Crippen LogP contribution in [-0.2, 0) is 52.7 Å². The van der Waals surface area contributed by atoms with Crippen molar-refractivity contribution in [2.24, 2.45) is 46.4 Å². The van der Waals surface area contributed by atoms with Crippen LogP contribution in [0.15, 0.2) is 17.1 Å². The van der Waals surface area contributed by atoms with Gasteiger partial charge in [0.2, 0.25) is 59.1 Å². The van der Waals surface area contributed by atoms with E-state index in [2.05, 4.69) is 26.3 Å². The summed E-state index contributed by atoms with van der Waals surface area (Å²) in [6.45, 7) is 30.2. The Bertz CT molecular complexity index is 2560. The normalized spacial score (nSPS) is 26.5. The molecule has 1 aliphatic rings. The fraction of sp³-hybridized carbons (Fsp3) is 0.791. The Morgan fingerprint density at radius 2 is 0.925 bits per heavy atom. The number of nitrogens with one attached hydrogen (secondary N) is 4. The molecule has 0 aromatic rings. The minimum Gasteiger partial charge on any atom is -0.390 e. The molecule has 0 aromatic carbocycles. The van der Waals surface area contributed by atoms with Gasteiger partial charge in [-0.3, -0.25) is 57.7 Å². The number of allylic oxidation sites excluding steroid dienone is 2. The lowest BCUT2D eigenvalue weighted by molar-refractivity contribution is -0.157. The van der Waals surface area contributed by atoms with E-state index in [4.69, 9.17) is 0 Å². The molecule has 0 radical (unpaired) electrons. The zero-order chi connectivity index (χ0) is 72.0.